The molecule has 22 heavy (non-hydrogen) atoms. The van der Waals surface area contributed by atoms with E-state index in [1.807, 2.05) is 24.3 Å². The molecule has 1 fully saturated rings. The Bertz CT molecular complexity index is 652. The highest BCUT2D eigenvalue weighted by Gasteiger charge is 2.27. The maximum Gasteiger partial charge on any atom is 0.227 e. The molecular weight excluding hydrogens is 281 g/mol. The summed E-state index contributed by atoms with van der Waals surface area (Å²) >= 11 is 0. The molecule has 0 bridgehead atoms. The summed E-state index contributed by atoms with van der Waals surface area (Å²) in [5.41, 5.74) is 1.92. The van der Waals surface area contributed by atoms with Crippen molar-refractivity contribution in [3.8, 4) is 5.75 Å². The van der Waals surface area contributed by atoms with Gasteiger partial charge in [-0.25, -0.2) is 4.39 Å². The second-order valence-electron chi connectivity index (χ2n) is 5.48. The largest absolute Gasteiger partial charge is 0.497 e. The molecule has 4 heteroatoms. The van der Waals surface area contributed by atoms with Crippen LogP contribution in [0.25, 0.3) is 0 Å². The molecule has 1 saturated heterocycles. The minimum Gasteiger partial charge on any atom is -0.497 e. The number of amides is 1. The number of nitrogens with zero attached hydrogens (tertiary/aromatic N) is 1. The van der Waals surface area contributed by atoms with E-state index in [-0.39, 0.29) is 17.6 Å². The summed E-state index contributed by atoms with van der Waals surface area (Å²) in [7, 11) is 1.62. The standard InChI is InChI=1S/C18H18FNO2/c1-22-17-8-6-16(7-9-17)20-11-10-14(12-18(20)21)13-2-4-15(19)5-3-13/h2-9,14H,10-12H2,1H3. The molecule has 2 aromatic rings. The highest BCUT2D eigenvalue weighted by Crippen LogP contribution is 2.31. The highest BCUT2D eigenvalue weighted by atomic mass is 19.1. The van der Waals surface area contributed by atoms with Gasteiger partial charge in [0.15, 0.2) is 0 Å². The lowest BCUT2D eigenvalue weighted by molar-refractivity contribution is -0.119. The molecule has 0 radical (unpaired) electrons. The molecule has 2 aromatic carbocycles. The Balaban J connectivity index is 1.71. The monoisotopic (exact) mass is 299 g/mol. The number of piperidine rings is 1. The fraction of sp³-hybridized carbons (Fsp3) is 0.278. The van der Waals surface area contributed by atoms with Crippen LogP contribution in [0.1, 0.15) is 24.3 Å². The zero-order chi connectivity index (χ0) is 15.5. The molecule has 0 spiro atoms. The van der Waals surface area contributed by atoms with Gasteiger partial charge in [-0.3, -0.25) is 4.79 Å². The first-order valence-corrected chi connectivity index (χ1v) is 7.37. The average Bonchev–Trinajstić information content (AvgIpc) is 2.56. The Kier molecular flexibility index (Phi) is 4.09. The van der Waals surface area contributed by atoms with Gasteiger partial charge in [-0.05, 0) is 54.3 Å². The quantitative estimate of drug-likeness (QED) is 0.864. The third-order valence-electron chi connectivity index (χ3n) is 4.15. The predicted octanol–water partition coefficient (Wildman–Crippen LogP) is 3.74. The molecule has 114 valence electrons. The molecule has 1 aliphatic heterocycles. The van der Waals surface area contributed by atoms with Crippen LogP contribution >= 0.6 is 0 Å². The lowest BCUT2D eigenvalue weighted by atomic mass is 9.89. The third kappa shape index (κ3) is 2.96. The average molecular weight is 299 g/mol. The zero-order valence-electron chi connectivity index (χ0n) is 12.5. The first-order valence-electron chi connectivity index (χ1n) is 7.37. The number of ether oxygens (including phenoxy) is 1. The zero-order valence-corrected chi connectivity index (χ0v) is 12.5. The second kappa shape index (κ2) is 6.18. The van der Waals surface area contributed by atoms with E-state index in [4.69, 9.17) is 4.74 Å². The van der Waals surface area contributed by atoms with E-state index < -0.39 is 0 Å². The second-order valence-corrected chi connectivity index (χ2v) is 5.48. The molecule has 3 rings (SSSR count). The number of anilines is 1. The summed E-state index contributed by atoms with van der Waals surface area (Å²) in [5, 5.41) is 0. The fourth-order valence-electron chi connectivity index (χ4n) is 2.89. The first kappa shape index (κ1) is 14.6. The van der Waals surface area contributed by atoms with E-state index in [0.29, 0.717) is 13.0 Å². The Labute approximate surface area is 129 Å². The molecule has 0 saturated carbocycles. The molecule has 1 aliphatic rings. The van der Waals surface area contributed by atoms with E-state index in [1.165, 1.54) is 12.1 Å². The number of hydrogen-bond donors (Lipinski definition) is 0. The third-order valence-corrected chi connectivity index (χ3v) is 4.15. The van der Waals surface area contributed by atoms with Gasteiger partial charge < -0.3 is 9.64 Å². The topological polar surface area (TPSA) is 29.5 Å². The van der Waals surface area contributed by atoms with Crippen LogP contribution in [0, 0.1) is 5.82 Å². The summed E-state index contributed by atoms with van der Waals surface area (Å²) in [4.78, 5) is 14.2. The van der Waals surface area contributed by atoms with E-state index in [0.717, 1.165) is 23.4 Å². The minimum atomic E-state index is -0.245. The van der Waals surface area contributed by atoms with Crippen molar-refractivity contribution < 1.29 is 13.9 Å². The molecule has 1 heterocycles. The Morgan fingerprint density at radius 3 is 2.36 bits per heavy atom. The van der Waals surface area contributed by atoms with Gasteiger partial charge >= 0.3 is 0 Å². The van der Waals surface area contributed by atoms with Crippen molar-refractivity contribution in [1.29, 1.82) is 0 Å². The number of carbonyl (C=O) groups excluding carboxylic acids is 1. The normalized spacial score (nSPS) is 18.4. The Morgan fingerprint density at radius 2 is 1.77 bits per heavy atom. The van der Waals surface area contributed by atoms with Gasteiger partial charge in [-0.2, -0.15) is 0 Å². The Morgan fingerprint density at radius 1 is 1.09 bits per heavy atom. The molecule has 1 atom stereocenters. The van der Waals surface area contributed by atoms with Crippen molar-refractivity contribution in [3.63, 3.8) is 0 Å². The van der Waals surface area contributed by atoms with Crippen molar-refractivity contribution in [2.24, 2.45) is 0 Å². The first-order chi connectivity index (χ1) is 10.7. The summed E-state index contributed by atoms with van der Waals surface area (Å²) in [6.45, 7) is 0.674. The summed E-state index contributed by atoms with van der Waals surface area (Å²) < 4.78 is 18.1. The molecule has 1 unspecified atom stereocenters. The summed E-state index contributed by atoms with van der Waals surface area (Å²) in [5.74, 6) is 0.802. The van der Waals surface area contributed by atoms with Crippen molar-refractivity contribution in [2.75, 3.05) is 18.6 Å². The predicted molar refractivity (Wildman–Crippen MR) is 83.7 cm³/mol. The summed E-state index contributed by atoms with van der Waals surface area (Å²) in [6.07, 6.45) is 1.33. The van der Waals surface area contributed by atoms with Gasteiger partial charge in [-0.1, -0.05) is 12.1 Å². The maximum atomic E-state index is 13.0. The van der Waals surface area contributed by atoms with Crippen LogP contribution in [-0.4, -0.2) is 19.6 Å². The SMILES string of the molecule is COc1ccc(N2CCC(c3ccc(F)cc3)CC2=O)cc1. The molecule has 0 N–H and O–H groups in total. The van der Waals surface area contributed by atoms with Crippen LogP contribution in [0.5, 0.6) is 5.75 Å². The maximum absolute atomic E-state index is 13.0. The van der Waals surface area contributed by atoms with Crippen LogP contribution in [-0.2, 0) is 4.79 Å². The lowest BCUT2D eigenvalue weighted by Gasteiger charge is -2.32. The smallest absolute Gasteiger partial charge is 0.227 e. The van der Waals surface area contributed by atoms with Gasteiger partial charge in [0.05, 0.1) is 7.11 Å². The molecule has 0 aliphatic carbocycles. The van der Waals surface area contributed by atoms with E-state index in [9.17, 15) is 9.18 Å². The lowest BCUT2D eigenvalue weighted by Crippen LogP contribution is -2.38. The molecule has 1 amide bonds. The number of hydrogen-bond acceptors (Lipinski definition) is 2. The number of halogens is 1. The van der Waals surface area contributed by atoms with Crippen molar-refractivity contribution in [2.45, 2.75) is 18.8 Å². The van der Waals surface area contributed by atoms with Crippen molar-refractivity contribution >= 4 is 11.6 Å². The van der Waals surface area contributed by atoms with Gasteiger partial charge in [0.25, 0.3) is 0 Å². The Hall–Kier alpha value is -2.36. The van der Waals surface area contributed by atoms with E-state index >= 15 is 0 Å². The van der Waals surface area contributed by atoms with Gasteiger partial charge in [0.1, 0.15) is 11.6 Å². The molecule has 0 aromatic heterocycles. The van der Waals surface area contributed by atoms with Crippen LogP contribution in [0.4, 0.5) is 10.1 Å². The molecular formula is C18H18FNO2. The number of benzene rings is 2. The van der Waals surface area contributed by atoms with E-state index in [1.54, 1.807) is 24.1 Å². The van der Waals surface area contributed by atoms with Gasteiger partial charge in [-0.15, -0.1) is 0 Å². The highest BCUT2D eigenvalue weighted by molar-refractivity contribution is 5.94. The minimum absolute atomic E-state index is 0.103. The van der Waals surface area contributed by atoms with Crippen molar-refractivity contribution in [1.82, 2.24) is 0 Å². The fourth-order valence-corrected chi connectivity index (χ4v) is 2.89. The van der Waals surface area contributed by atoms with Crippen molar-refractivity contribution in [3.05, 3.63) is 59.9 Å². The van der Waals surface area contributed by atoms with E-state index in [2.05, 4.69) is 0 Å². The van der Waals surface area contributed by atoms with Gasteiger partial charge in [0.2, 0.25) is 5.91 Å². The number of rotatable bonds is 3. The van der Waals surface area contributed by atoms with Crippen LogP contribution in [0.3, 0.4) is 0 Å². The number of carbonyl (C=O) groups is 1. The summed E-state index contributed by atoms with van der Waals surface area (Å²) in [6, 6.07) is 14.0. The van der Waals surface area contributed by atoms with Gasteiger partial charge in [0, 0.05) is 18.7 Å². The number of methoxy groups -OCH3 is 1. The van der Waals surface area contributed by atoms with Crippen LogP contribution in [0.15, 0.2) is 48.5 Å². The van der Waals surface area contributed by atoms with Crippen LogP contribution < -0.4 is 9.64 Å². The molecule has 3 nitrogen and oxygen atoms in total. The van der Waals surface area contributed by atoms with Crippen LogP contribution in [0.2, 0.25) is 0 Å².